The summed E-state index contributed by atoms with van der Waals surface area (Å²) in [6.07, 6.45) is 1.62. The van der Waals surface area contributed by atoms with E-state index in [0.717, 1.165) is 5.56 Å². The van der Waals surface area contributed by atoms with Crippen LogP contribution in [0.25, 0.3) is 5.69 Å². The van der Waals surface area contributed by atoms with Crippen LogP contribution < -0.4 is 19.9 Å². The molecule has 3 aromatic rings. The number of aromatic nitrogens is 2. The van der Waals surface area contributed by atoms with Crippen molar-refractivity contribution in [1.29, 1.82) is 0 Å². The number of hydrogen-bond acceptors (Lipinski definition) is 5. The summed E-state index contributed by atoms with van der Waals surface area (Å²) >= 11 is 5.88. The molecule has 0 unspecified atom stereocenters. The Kier molecular flexibility index (Phi) is 6.67. The predicted molar refractivity (Wildman–Crippen MR) is 117 cm³/mol. The molecule has 0 spiro atoms. The number of halogens is 1. The first-order chi connectivity index (χ1) is 14.2. The average molecular weight is 429 g/mol. The van der Waals surface area contributed by atoms with E-state index >= 15 is 0 Å². The van der Waals surface area contributed by atoms with Gasteiger partial charge in [0.25, 0.3) is 0 Å². The van der Waals surface area contributed by atoms with Gasteiger partial charge in [0, 0.05) is 23.4 Å². The first-order valence-electron chi connectivity index (χ1n) is 9.53. The third kappa shape index (κ3) is 5.76. The third-order valence-electron chi connectivity index (χ3n) is 4.16. The van der Waals surface area contributed by atoms with Crippen molar-refractivity contribution in [3.8, 4) is 23.1 Å². The van der Waals surface area contributed by atoms with Crippen LogP contribution in [-0.2, 0) is 6.61 Å². The quantitative estimate of drug-likeness (QED) is 0.535. The fourth-order valence-corrected chi connectivity index (χ4v) is 2.75. The van der Waals surface area contributed by atoms with Crippen LogP contribution >= 0.6 is 11.6 Å². The SMILES string of the molecule is COc1cc(-n2ccc(OCc3ccc(Cl)cc3)nc2=O)ccc1OCC(C)(C)C. The minimum Gasteiger partial charge on any atom is -0.493 e. The summed E-state index contributed by atoms with van der Waals surface area (Å²) in [5.74, 6) is 1.43. The number of benzene rings is 2. The van der Waals surface area contributed by atoms with Crippen LogP contribution in [0, 0.1) is 5.41 Å². The van der Waals surface area contributed by atoms with Gasteiger partial charge in [0.05, 0.1) is 19.4 Å². The maximum absolute atomic E-state index is 12.5. The topological polar surface area (TPSA) is 62.6 Å². The molecule has 0 saturated heterocycles. The van der Waals surface area contributed by atoms with Gasteiger partial charge >= 0.3 is 5.69 Å². The molecule has 0 atom stereocenters. The van der Waals surface area contributed by atoms with Crippen LogP contribution in [0.2, 0.25) is 5.02 Å². The van der Waals surface area contributed by atoms with Gasteiger partial charge in [-0.2, -0.15) is 4.98 Å². The zero-order valence-electron chi connectivity index (χ0n) is 17.5. The van der Waals surface area contributed by atoms with Gasteiger partial charge in [-0.1, -0.05) is 44.5 Å². The van der Waals surface area contributed by atoms with E-state index in [0.29, 0.717) is 35.4 Å². The zero-order chi connectivity index (χ0) is 21.7. The van der Waals surface area contributed by atoms with Gasteiger partial charge in [-0.15, -0.1) is 0 Å². The van der Waals surface area contributed by atoms with Gasteiger partial charge in [-0.05, 0) is 35.2 Å². The van der Waals surface area contributed by atoms with Crippen molar-refractivity contribution in [2.75, 3.05) is 13.7 Å². The van der Waals surface area contributed by atoms with E-state index < -0.39 is 5.69 Å². The highest BCUT2D eigenvalue weighted by Crippen LogP contribution is 2.30. The fourth-order valence-electron chi connectivity index (χ4n) is 2.62. The number of rotatable bonds is 7. The lowest BCUT2D eigenvalue weighted by atomic mass is 9.99. The molecule has 0 bridgehead atoms. The van der Waals surface area contributed by atoms with Crippen molar-refractivity contribution in [3.63, 3.8) is 0 Å². The molecule has 0 aliphatic carbocycles. The Balaban J connectivity index is 1.75. The summed E-state index contributed by atoms with van der Waals surface area (Å²) in [6.45, 7) is 7.12. The highest BCUT2D eigenvalue weighted by atomic mass is 35.5. The van der Waals surface area contributed by atoms with Gasteiger partial charge in [0.2, 0.25) is 5.88 Å². The molecule has 0 radical (unpaired) electrons. The second kappa shape index (κ2) is 9.22. The number of nitrogens with zero attached hydrogens (tertiary/aromatic N) is 2. The highest BCUT2D eigenvalue weighted by Gasteiger charge is 2.14. The smallest absolute Gasteiger partial charge is 0.355 e. The van der Waals surface area contributed by atoms with E-state index in [-0.39, 0.29) is 11.3 Å². The molecule has 30 heavy (non-hydrogen) atoms. The van der Waals surface area contributed by atoms with Gasteiger partial charge in [0.15, 0.2) is 11.5 Å². The lowest BCUT2D eigenvalue weighted by molar-refractivity contribution is 0.191. The summed E-state index contributed by atoms with van der Waals surface area (Å²) < 4.78 is 18.3. The van der Waals surface area contributed by atoms with Crippen molar-refractivity contribution in [3.05, 3.63) is 75.8 Å². The Morgan fingerprint density at radius 1 is 1.00 bits per heavy atom. The van der Waals surface area contributed by atoms with E-state index in [1.54, 1.807) is 49.7 Å². The minimum absolute atomic E-state index is 0.0202. The Morgan fingerprint density at radius 2 is 1.73 bits per heavy atom. The molecular weight excluding hydrogens is 404 g/mol. The molecule has 0 amide bonds. The molecule has 0 fully saturated rings. The maximum atomic E-state index is 12.5. The van der Waals surface area contributed by atoms with E-state index in [9.17, 15) is 4.79 Å². The summed E-state index contributed by atoms with van der Waals surface area (Å²) in [4.78, 5) is 16.5. The Morgan fingerprint density at radius 3 is 2.37 bits per heavy atom. The van der Waals surface area contributed by atoms with Crippen LogP contribution in [0.4, 0.5) is 0 Å². The number of hydrogen-bond donors (Lipinski definition) is 0. The molecule has 0 N–H and O–H groups in total. The molecule has 3 rings (SSSR count). The van der Waals surface area contributed by atoms with Crippen molar-refractivity contribution in [2.24, 2.45) is 5.41 Å². The van der Waals surface area contributed by atoms with E-state index in [2.05, 4.69) is 25.8 Å². The normalized spacial score (nSPS) is 11.2. The first kappa shape index (κ1) is 21.7. The second-order valence-electron chi connectivity index (χ2n) is 8.02. The molecular formula is C23H25ClN2O4. The summed E-state index contributed by atoms with van der Waals surface area (Å²) in [6, 6.07) is 14.3. The summed E-state index contributed by atoms with van der Waals surface area (Å²) in [5.41, 5.74) is 1.12. The standard InChI is InChI=1S/C23H25ClN2O4/c1-23(2,3)15-30-19-10-9-18(13-20(19)28-4)26-12-11-21(25-22(26)27)29-14-16-5-7-17(24)8-6-16/h5-13H,14-15H2,1-4H3. The molecule has 158 valence electrons. The van der Waals surface area contributed by atoms with Crippen molar-refractivity contribution < 1.29 is 14.2 Å². The fraction of sp³-hybridized carbons (Fsp3) is 0.304. The summed E-state index contributed by atoms with van der Waals surface area (Å²) in [5, 5.41) is 0.657. The number of methoxy groups -OCH3 is 1. The van der Waals surface area contributed by atoms with Gasteiger partial charge in [0.1, 0.15) is 6.61 Å². The molecule has 0 aliphatic heterocycles. The highest BCUT2D eigenvalue weighted by molar-refractivity contribution is 6.30. The lowest BCUT2D eigenvalue weighted by Crippen LogP contribution is -2.21. The largest absolute Gasteiger partial charge is 0.493 e. The van der Waals surface area contributed by atoms with Crippen LogP contribution in [0.1, 0.15) is 26.3 Å². The predicted octanol–water partition coefficient (Wildman–Crippen LogP) is 4.90. The van der Waals surface area contributed by atoms with Gasteiger partial charge in [-0.3, -0.25) is 4.57 Å². The van der Waals surface area contributed by atoms with Crippen LogP contribution in [-0.4, -0.2) is 23.3 Å². The monoisotopic (exact) mass is 428 g/mol. The van der Waals surface area contributed by atoms with Crippen molar-refractivity contribution in [2.45, 2.75) is 27.4 Å². The molecule has 0 aliphatic rings. The van der Waals surface area contributed by atoms with E-state index in [1.807, 2.05) is 12.1 Å². The minimum atomic E-state index is -0.450. The van der Waals surface area contributed by atoms with Crippen LogP contribution in [0.5, 0.6) is 17.4 Å². The second-order valence-corrected chi connectivity index (χ2v) is 8.45. The zero-order valence-corrected chi connectivity index (χ0v) is 18.3. The first-order valence-corrected chi connectivity index (χ1v) is 9.91. The average Bonchev–Trinajstić information content (AvgIpc) is 2.71. The Labute approximate surface area is 181 Å². The van der Waals surface area contributed by atoms with Gasteiger partial charge < -0.3 is 14.2 Å². The van der Waals surface area contributed by atoms with Crippen LogP contribution in [0.15, 0.2) is 59.5 Å². The Bertz CT molecular complexity index is 1060. The van der Waals surface area contributed by atoms with Crippen molar-refractivity contribution in [1.82, 2.24) is 9.55 Å². The summed E-state index contributed by atoms with van der Waals surface area (Å²) in [7, 11) is 1.57. The van der Waals surface area contributed by atoms with Crippen LogP contribution in [0.3, 0.4) is 0 Å². The van der Waals surface area contributed by atoms with Gasteiger partial charge in [-0.25, -0.2) is 4.79 Å². The van der Waals surface area contributed by atoms with E-state index in [1.165, 1.54) is 4.57 Å². The third-order valence-corrected chi connectivity index (χ3v) is 4.42. The number of ether oxygens (including phenoxy) is 3. The van der Waals surface area contributed by atoms with E-state index in [4.69, 9.17) is 25.8 Å². The Hall–Kier alpha value is -2.99. The molecule has 0 saturated carbocycles. The maximum Gasteiger partial charge on any atom is 0.355 e. The molecule has 6 nitrogen and oxygen atoms in total. The molecule has 1 heterocycles. The molecule has 7 heteroatoms. The van der Waals surface area contributed by atoms with Crippen molar-refractivity contribution >= 4 is 11.6 Å². The molecule has 1 aromatic heterocycles. The molecule has 2 aromatic carbocycles. The lowest BCUT2D eigenvalue weighted by Gasteiger charge is -2.20.